The van der Waals surface area contributed by atoms with Crippen molar-refractivity contribution in [2.45, 2.75) is 25.8 Å². The maximum Gasteiger partial charge on any atom is 0.322 e. The first-order valence-corrected chi connectivity index (χ1v) is 5.96. The van der Waals surface area contributed by atoms with E-state index in [0.717, 1.165) is 12.8 Å². The molecule has 17 heavy (non-hydrogen) atoms. The van der Waals surface area contributed by atoms with Crippen LogP contribution in [0.3, 0.4) is 0 Å². The number of carboxylic acids is 1. The molecule has 0 spiro atoms. The lowest BCUT2D eigenvalue weighted by molar-refractivity contribution is -0.146. The van der Waals surface area contributed by atoms with Gasteiger partial charge in [-0.1, -0.05) is 13.3 Å². The van der Waals surface area contributed by atoms with Crippen molar-refractivity contribution in [1.82, 2.24) is 10.2 Å². The average molecular weight is 244 g/mol. The van der Waals surface area contributed by atoms with Crippen molar-refractivity contribution < 1.29 is 19.4 Å². The maximum absolute atomic E-state index is 11.2. The Morgan fingerprint density at radius 1 is 1.59 bits per heavy atom. The molecule has 0 radical (unpaired) electrons. The molecule has 98 valence electrons. The van der Waals surface area contributed by atoms with Gasteiger partial charge >= 0.3 is 5.97 Å². The van der Waals surface area contributed by atoms with Gasteiger partial charge in [0.2, 0.25) is 5.91 Å². The van der Waals surface area contributed by atoms with E-state index in [1.807, 2.05) is 0 Å². The fourth-order valence-corrected chi connectivity index (χ4v) is 1.70. The molecule has 1 rings (SSSR count). The molecule has 0 aliphatic carbocycles. The number of aliphatic carboxylic acids is 1. The number of hydrogen-bond donors (Lipinski definition) is 2. The van der Waals surface area contributed by atoms with E-state index in [4.69, 9.17) is 9.84 Å². The molecule has 6 heteroatoms. The second-order valence-corrected chi connectivity index (χ2v) is 4.09. The Kier molecular flexibility index (Phi) is 5.93. The fraction of sp³-hybridized carbons (Fsp3) is 0.818. The van der Waals surface area contributed by atoms with E-state index in [1.165, 1.54) is 0 Å². The molecule has 1 unspecified atom stereocenters. The summed E-state index contributed by atoms with van der Waals surface area (Å²) >= 11 is 0. The lowest BCUT2D eigenvalue weighted by Crippen LogP contribution is -2.58. The second-order valence-electron chi connectivity index (χ2n) is 4.09. The summed E-state index contributed by atoms with van der Waals surface area (Å²) in [6.45, 7) is 4.02. The molecule has 1 atom stereocenters. The molecule has 0 aromatic rings. The van der Waals surface area contributed by atoms with E-state index in [1.54, 1.807) is 4.90 Å². The first-order valence-electron chi connectivity index (χ1n) is 5.96. The summed E-state index contributed by atoms with van der Waals surface area (Å²) in [6, 6.07) is -0.637. The highest BCUT2D eigenvalue weighted by molar-refractivity contribution is 5.83. The van der Waals surface area contributed by atoms with Gasteiger partial charge in [-0.05, 0) is 6.42 Å². The van der Waals surface area contributed by atoms with Gasteiger partial charge in [0, 0.05) is 19.7 Å². The summed E-state index contributed by atoms with van der Waals surface area (Å²) < 4.78 is 5.37. The van der Waals surface area contributed by atoms with Crippen molar-refractivity contribution in [3.8, 4) is 0 Å². The number of nitrogens with one attached hydrogen (secondary N) is 1. The zero-order valence-corrected chi connectivity index (χ0v) is 10.1. The summed E-state index contributed by atoms with van der Waals surface area (Å²) in [7, 11) is 0. The summed E-state index contributed by atoms with van der Waals surface area (Å²) in [5, 5.41) is 11.6. The molecule has 1 aliphatic rings. The van der Waals surface area contributed by atoms with Crippen molar-refractivity contribution in [2.24, 2.45) is 0 Å². The molecule has 1 heterocycles. The third kappa shape index (κ3) is 4.70. The van der Waals surface area contributed by atoms with Crippen LogP contribution in [0, 0.1) is 0 Å². The van der Waals surface area contributed by atoms with Crippen LogP contribution in [0.15, 0.2) is 0 Å². The molecule has 1 amide bonds. The number of carboxylic acid groups (broad SMARTS) is 1. The number of carbonyl (C=O) groups excluding carboxylic acids is 1. The molecule has 1 aliphatic heterocycles. The summed E-state index contributed by atoms with van der Waals surface area (Å²) in [6.07, 6.45) is 2.08. The molecule has 0 bridgehead atoms. The minimum absolute atomic E-state index is 0.129. The van der Waals surface area contributed by atoms with Crippen LogP contribution in [-0.2, 0) is 14.3 Å². The van der Waals surface area contributed by atoms with Crippen LogP contribution in [0.25, 0.3) is 0 Å². The Morgan fingerprint density at radius 2 is 2.35 bits per heavy atom. The van der Waals surface area contributed by atoms with Crippen LogP contribution in [0.2, 0.25) is 0 Å². The average Bonchev–Trinajstić information content (AvgIpc) is 2.28. The number of rotatable bonds is 7. The number of nitrogens with zero attached hydrogens (tertiary/aromatic N) is 1. The van der Waals surface area contributed by atoms with Crippen molar-refractivity contribution in [3.63, 3.8) is 0 Å². The van der Waals surface area contributed by atoms with Gasteiger partial charge in [-0.2, -0.15) is 0 Å². The van der Waals surface area contributed by atoms with E-state index in [9.17, 15) is 9.59 Å². The highest BCUT2D eigenvalue weighted by Crippen LogP contribution is 2.04. The van der Waals surface area contributed by atoms with Gasteiger partial charge < -0.3 is 15.2 Å². The molecule has 6 nitrogen and oxygen atoms in total. The fourth-order valence-electron chi connectivity index (χ4n) is 1.70. The lowest BCUT2D eigenvalue weighted by Gasteiger charge is -2.32. The zero-order chi connectivity index (χ0) is 12.7. The topological polar surface area (TPSA) is 78.9 Å². The molecule has 0 aromatic heterocycles. The van der Waals surface area contributed by atoms with Crippen molar-refractivity contribution in [2.75, 3.05) is 32.8 Å². The Morgan fingerprint density at radius 3 is 3.00 bits per heavy atom. The predicted molar refractivity (Wildman–Crippen MR) is 61.7 cm³/mol. The molecule has 0 aromatic carbocycles. The quantitative estimate of drug-likeness (QED) is 0.600. The molecule has 0 saturated carbocycles. The standard InChI is InChI=1S/C11H20N2O4/c1-2-3-5-17-6-4-13-8-10(14)12-7-9(13)11(15)16/h9H,2-8H2,1H3,(H,12,14)(H,15,16). The summed E-state index contributed by atoms with van der Waals surface area (Å²) in [5.41, 5.74) is 0. The molecular weight excluding hydrogens is 224 g/mol. The van der Waals surface area contributed by atoms with Crippen LogP contribution in [0.1, 0.15) is 19.8 Å². The Balaban J connectivity index is 2.31. The van der Waals surface area contributed by atoms with Gasteiger partial charge in [0.05, 0.1) is 13.2 Å². The normalized spacial score (nSPS) is 21.2. The Bertz CT molecular complexity index is 270. The number of unbranched alkanes of at least 4 members (excludes halogenated alkanes) is 1. The van der Waals surface area contributed by atoms with Gasteiger partial charge in [0.15, 0.2) is 0 Å². The number of hydrogen-bond acceptors (Lipinski definition) is 4. The number of amides is 1. The summed E-state index contributed by atoms with van der Waals surface area (Å²) in [4.78, 5) is 23.8. The highest BCUT2D eigenvalue weighted by atomic mass is 16.5. The maximum atomic E-state index is 11.2. The molecule has 1 fully saturated rings. The van der Waals surface area contributed by atoms with Crippen LogP contribution in [0.5, 0.6) is 0 Å². The SMILES string of the molecule is CCCCOCCN1CC(=O)NCC1C(=O)O. The minimum atomic E-state index is -0.904. The van der Waals surface area contributed by atoms with Gasteiger partial charge in [0.1, 0.15) is 6.04 Å². The summed E-state index contributed by atoms with van der Waals surface area (Å²) in [5.74, 6) is -1.03. The Hall–Kier alpha value is -1.14. The Labute approximate surface area is 101 Å². The monoisotopic (exact) mass is 244 g/mol. The lowest BCUT2D eigenvalue weighted by atomic mass is 10.2. The van der Waals surface area contributed by atoms with Crippen LogP contribution < -0.4 is 5.32 Å². The first kappa shape index (κ1) is 13.9. The van der Waals surface area contributed by atoms with Gasteiger partial charge in [-0.15, -0.1) is 0 Å². The number of ether oxygens (including phenoxy) is 1. The van der Waals surface area contributed by atoms with Crippen LogP contribution in [0.4, 0.5) is 0 Å². The third-order valence-corrected chi connectivity index (χ3v) is 2.73. The van der Waals surface area contributed by atoms with Crippen LogP contribution in [-0.4, -0.2) is 60.8 Å². The minimum Gasteiger partial charge on any atom is -0.480 e. The van der Waals surface area contributed by atoms with Crippen molar-refractivity contribution in [3.05, 3.63) is 0 Å². The smallest absolute Gasteiger partial charge is 0.322 e. The van der Waals surface area contributed by atoms with Gasteiger partial charge in [-0.3, -0.25) is 14.5 Å². The van der Waals surface area contributed by atoms with E-state index in [-0.39, 0.29) is 19.0 Å². The highest BCUT2D eigenvalue weighted by Gasteiger charge is 2.31. The van der Waals surface area contributed by atoms with Crippen LogP contribution >= 0.6 is 0 Å². The largest absolute Gasteiger partial charge is 0.480 e. The van der Waals surface area contributed by atoms with Crippen molar-refractivity contribution >= 4 is 11.9 Å². The van der Waals surface area contributed by atoms with E-state index >= 15 is 0 Å². The number of carbonyl (C=O) groups is 2. The van der Waals surface area contributed by atoms with Gasteiger partial charge in [-0.25, -0.2) is 0 Å². The molecule has 2 N–H and O–H groups in total. The second kappa shape index (κ2) is 7.24. The first-order chi connectivity index (χ1) is 8.15. The van der Waals surface area contributed by atoms with E-state index in [2.05, 4.69) is 12.2 Å². The number of piperazine rings is 1. The zero-order valence-electron chi connectivity index (χ0n) is 10.1. The van der Waals surface area contributed by atoms with E-state index in [0.29, 0.717) is 19.8 Å². The van der Waals surface area contributed by atoms with Gasteiger partial charge in [0.25, 0.3) is 0 Å². The van der Waals surface area contributed by atoms with E-state index < -0.39 is 12.0 Å². The van der Waals surface area contributed by atoms with Crippen molar-refractivity contribution in [1.29, 1.82) is 0 Å². The molecular formula is C11H20N2O4. The third-order valence-electron chi connectivity index (χ3n) is 2.73. The predicted octanol–water partition coefficient (Wildman–Crippen LogP) is -0.312. The molecule has 1 saturated heterocycles.